The van der Waals surface area contributed by atoms with Crippen LogP contribution in [0.2, 0.25) is 0 Å². The zero-order valence-electron chi connectivity index (χ0n) is 8.90. The number of aryl methyl sites for hydroxylation is 1. The van der Waals surface area contributed by atoms with Crippen molar-refractivity contribution in [2.75, 3.05) is 13.2 Å². The Kier molecular flexibility index (Phi) is 3.35. The van der Waals surface area contributed by atoms with Gasteiger partial charge in [0.1, 0.15) is 6.61 Å². The van der Waals surface area contributed by atoms with Gasteiger partial charge in [-0.25, -0.2) is 0 Å². The lowest BCUT2D eigenvalue weighted by molar-refractivity contribution is 0.154. The van der Waals surface area contributed by atoms with Crippen molar-refractivity contribution < 1.29 is 9.57 Å². The maximum atomic E-state index is 5.55. The first kappa shape index (κ1) is 10.2. The predicted molar refractivity (Wildman–Crippen MR) is 58.8 cm³/mol. The van der Waals surface area contributed by atoms with Crippen LogP contribution in [0.1, 0.15) is 17.5 Å². The molecule has 0 saturated heterocycles. The van der Waals surface area contributed by atoms with Gasteiger partial charge in [-0.1, -0.05) is 35.0 Å². The van der Waals surface area contributed by atoms with E-state index in [0.717, 1.165) is 12.1 Å². The van der Waals surface area contributed by atoms with Crippen LogP contribution < -0.4 is 0 Å². The number of benzene rings is 1. The van der Waals surface area contributed by atoms with Crippen LogP contribution in [-0.2, 0) is 16.2 Å². The highest BCUT2D eigenvalue weighted by Crippen LogP contribution is 2.06. The van der Waals surface area contributed by atoms with Gasteiger partial charge in [-0.15, -0.1) is 0 Å². The van der Waals surface area contributed by atoms with Crippen LogP contribution in [0, 0.1) is 6.92 Å². The number of hydrogen-bond acceptors (Lipinski definition) is 3. The molecule has 0 saturated carbocycles. The molecule has 0 N–H and O–H groups in total. The van der Waals surface area contributed by atoms with Crippen LogP contribution in [0.3, 0.4) is 0 Å². The van der Waals surface area contributed by atoms with Crippen molar-refractivity contribution in [1.29, 1.82) is 0 Å². The normalized spacial score (nSPS) is 14.9. The molecule has 1 heterocycles. The Hall–Kier alpha value is -1.35. The summed E-state index contributed by atoms with van der Waals surface area (Å²) in [5, 5.41) is 3.88. The second kappa shape index (κ2) is 4.94. The predicted octanol–water partition coefficient (Wildman–Crippen LogP) is 2.29. The van der Waals surface area contributed by atoms with E-state index in [-0.39, 0.29) is 0 Å². The summed E-state index contributed by atoms with van der Waals surface area (Å²) in [6.45, 7) is 4.00. The average Bonchev–Trinajstić information content (AvgIpc) is 2.71. The Morgan fingerprint density at radius 3 is 3.07 bits per heavy atom. The molecule has 80 valence electrons. The molecule has 0 aromatic heterocycles. The fourth-order valence-corrected chi connectivity index (χ4v) is 1.53. The monoisotopic (exact) mass is 205 g/mol. The Morgan fingerprint density at radius 2 is 2.33 bits per heavy atom. The molecule has 0 bridgehead atoms. The lowest BCUT2D eigenvalue weighted by Gasteiger charge is -2.03. The Labute approximate surface area is 89.7 Å². The van der Waals surface area contributed by atoms with Gasteiger partial charge in [0, 0.05) is 6.42 Å². The molecule has 3 nitrogen and oxygen atoms in total. The number of rotatable bonds is 4. The first-order valence-electron chi connectivity index (χ1n) is 5.15. The maximum Gasteiger partial charge on any atom is 0.122 e. The molecule has 0 spiro atoms. The van der Waals surface area contributed by atoms with Crippen molar-refractivity contribution in [3.63, 3.8) is 0 Å². The highest BCUT2D eigenvalue weighted by atomic mass is 16.6. The standard InChI is InChI=1S/C12H15NO2/c1-10-3-2-4-11(7-10)8-14-9-12-5-6-15-13-12/h2-4,7H,5-6,8-9H2,1H3. The molecule has 1 aromatic rings. The van der Waals surface area contributed by atoms with Crippen molar-refractivity contribution >= 4 is 5.71 Å². The van der Waals surface area contributed by atoms with E-state index in [0.29, 0.717) is 19.8 Å². The Bertz CT molecular complexity index is 360. The van der Waals surface area contributed by atoms with Crippen LogP contribution in [0.4, 0.5) is 0 Å². The van der Waals surface area contributed by atoms with E-state index < -0.39 is 0 Å². The van der Waals surface area contributed by atoms with Crippen molar-refractivity contribution in [3.05, 3.63) is 35.4 Å². The van der Waals surface area contributed by atoms with Crippen LogP contribution in [0.15, 0.2) is 29.4 Å². The Morgan fingerprint density at radius 1 is 1.40 bits per heavy atom. The fraction of sp³-hybridized carbons (Fsp3) is 0.417. The summed E-state index contributed by atoms with van der Waals surface area (Å²) in [5.74, 6) is 0. The molecule has 0 radical (unpaired) electrons. The summed E-state index contributed by atoms with van der Waals surface area (Å²) in [7, 11) is 0. The molecule has 0 fully saturated rings. The topological polar surface area (TPSA) is 30.8 Å². The molecule has 0 unspecified atom stereocenters. The third-order valence-corrected chi connectivity index (χ3v) is 2.30. The molecular formula is C12H15NO2. The number of hydrogen-bond donors (Lipinski definition) is 0. The van der Waals surface area contributed by atoms with Gasteiger partial charge < -0.3 is 9.57 Å². The summed E-state index contributed by atoms with van der Waals surface area (Å²) >= 11 is 0. The molecule has 0 atom stereocenters. The van der Waals surface area contributed by atoms with Crippen molar-refractivity contribution in [2.45, 2.75) is 20.0 Å². The van der Waals surface area contributed by atoms with Crippen LogP contribution in [0.5, 0.6) is 0 Å². The quantitative estimate of drug-likeness (QED) is 0.755. The van der Waals surface area contributed by atoms with Crippen LogP contribution in [-0.4, -0.2) is 18.9 Å². The van der Waals surface area contributed by atoms with Gasteiger partial charge in [0.15, 0.2) is 0 Å². The largest absolute Gasteiger partial charge is 0.395 e. The molecule has 1 aromatic carbocycles. The average molecular weight is 205 g/mol. The Balaban J connectivity index is 1.78. The summed E-state index contributed by atoms with van der Waals surface area (Å²) in [6, 6.07) is 8.33. The first-order valence-corrected chi connectivity index (χ1v) is 5.15. The van der Waals surface area contributed by atoms with Crippen molar-refractivity contribution in [2.24, 2.45) is 5.16 Å². The minimum Gasteiger partial charge on any atom is -0.395 e. The lowest BCUT2D eigenvalue weighted by Crippen LogP contribution is -2.06. The SMILES string of the molecule is Cc1cccc(COCC2=NOCC2)c1. The summed E-state index contributed by atoms with van der Waals surface area (Å²) in [4.78, 5) is 4.89. The van der Waals surface area contributed by atoms with Gasteiger partial charge in [0.25, 0.3) is 0 Å². The van der Waals surface area contributed by atoms with Crippen molar-refractivity contribution in [3.8, 4) is 0 Å². The molecule has 1 aliphatic heterocycles. The third-order valence-electron chi connectivity index (χ3n) is 2.30. The number of oxime groups is 1. The number of nitrogens with zero attached hydrogens (tertiary/aromatic N) is 1. The summed E-state index contributed by atoms with van der Waals surface area (Å²) in [6.07, 6.45) is 0.897. The first-order chi connectivity index (χ1) is 7.34. The molecule has 0 aliphatic carbocycles. The molecule has 15 heavy (non-hydrogen) atoms. The van der Waals surface area contributed by atoms with E-state index in [9.17, 15) is 0 Å². The maximum absolute atomic E-state index is 5.55. The molecule has 2 rings (SSSR count). The molecule has 0 amide bonds. The highest BCUT2D eigenvalue weighted by molar-refractivity contribution is 5.86. The van der Waals surface area contributed by atoms with E-state index >= 15 is 0 Å². The van der Waals surface area contributed by atoms with Gasteiger partial charge in [-0.05, 0) is 12.5 Å². The second-order valence-electron chi connectivity index (χ2n) is 3.72. The zero-order valence-corrected chi connectivity index (χ0v) is 8.90. The van der Waals surface area contributed by atoms with E-state index in [4.69, 9.17) is 9.57 Å². The van der Waals surface area contributed by atoms with Crippen molar-refractivity contribution in [1.82, 2.24) is 0 Å². The molecular weight excluding hydrogens is 190 g/mol. The minimum atomic E-state index is 0.577. The third kappa shape index (κ3) is 3.06. The summed E-state index contributed by atoms with van der Waals surface area (Å²) in [5.41, 5.74) is 3.47. The smallest absolute Gasteiger partial charge is 0.122 e. The highest BCUT2D eigenvalue weighted by Gasteiger charge is 2.07. The van der Waals surface area contributed by atoms with E-state index in [2.05, 4.69) is 30.3 Å². The molecule has 3 heteroatoms. The molecule has 1 aliphatic rings. The van der Waals surface area contributed by atoms with Gasteiger partial charge >= 0.3 is 0 Å². The number of ether oxygens (including phenoxy) is 1. The summed E-state index contributed by atoms with van der Waals surface area (Å²) < 4.78 is 5.55. The van der Waals surface area contributed by atoms with E-state index in [1.807, 2.05) is 6.07 Å². The van der Waals surface area contributed by atoms with Gasteiger partial charge in [-0.2, -0.15) is 0 Å². The minimum absolute atomic E-state index is 0.577. The zero-order chi connectivity index (χ0) is 10.5. The van der Waals surface area contributed by atoms with Gasteiger partial charge in [0.2, 0.25) is 0 Å². The van der Waals surface area contributed by atoms with Gasteiger partial charge in [-0.3, -0.25) is 0 Å². The lowest BCUT2D eigenvalue weighted by atomic mass is 10.1. The van der Waals surface area contributed by atoms with E-state index in [1.54, 1.807) is 0 Å². The van der Waals surface area contributed by atoms with E-state index in [1.165, 1.54) is 11.1 Å². The fourth-order valence-electron chi connectivity index (χ4n) is 1.53. The second-order valence-corrected chi connectivity index (χ2v) is 3.72. The van der Waals surface area contributed by atoms with Gasteiger partial charge in [0.05, 0.1) is 18.9 Å². The van der Waals surface area contributed by atoms with Crippen LogP contribution >= 0.6 is 0 Å². The van der Waals surface area contributed by atoms with Crippen LogP contribution in [0.25, 0.3) is 0 Å².